The lowest BCUT2D eigenvalue weighted by Crippen LogP contribution is -2.31. The van der Waals surface area contributed by atoms with Crippen LogP contribution in [-0.2, 0) is 0 Å². The largest absolute Gasteiger partial charge is 0.477 e. The molecule has 0 saturated heterocycles. The van der Waals surface area contributed by atoms with Gasteiger partial charge in [-0.2, -0.15) is 0 Å². The lowest BCUT2D eigenvalue weighted by molar-refractivity contribution is 0.0698. The first-order valence-corrected chi connectivity index (χ1v) is 5.72. The van der Waals surface area contributed by atoms with Crippen molar-refractivity contribution in [1.29, 1.82) is 0 Å². The van der Waals surface area contributed by atoms with E-state index < -0.39 is 5.97 Å². The third-order valence-electron chi connectivity index (χ3n) is 3.65. The molecule has 0 amide bonds. The fourth-order valence-electron chi connectivity index (χ4n) is 2.03. The van der Waals surface area contributed by atoms with Gasteiger partial charge in [-0.05, 0) is 19.8 Å². The third kappa shape index (κ3) is 1.45. The average molecular weight is 247 g/mol. The molecule has 1 aliphatic carbocycles. The Kier molecular flexibility index (Phi) is 2.10. The highest BCUT2D eigenvalue weighted by molar-refractivity contribution is 6.06. The Hall–Kier alpha value is -2.11. The minimum Gasteiger partial charge on any atom is -0.477 e. The van der Waals surface area contributed by atoms with Gasteiger partial charge in [-0.3, -0.25) is 0 Å². The van der Waals surface area contributed by atoms with Crippen molar-refractivity contribution >= 4 is 23.0 Å². The second kappa shape index (κ2) is 3.44. The van der Waals surface area contributed by atoms with Crippen LogP contribution in [0.5, 0.6) is 0 Å². The summed E-state index contributed by atoms with van der Waals surface area (Å²) in [4.78, 5) is 21.1. The molecule has 0 bridgehead atoms. The van der Waals surface area contributed by atoms with Crippen molar-refractivity contribution in [1.82, 2.24) is 9.97 Å². The highest BCUT2D eigenvalue weighted by Crippen LogP contribution is 2.45. The Morgan fingerprint density at radius 1 is 1.56 bits per heavy atom. The number of fused-ring (bicyclic) bond motifs is 1. The molecule has 0 unspecified atom stereocenters. The summed E-state index contributed by atoms with van der Waals surface area (Å²) < 4.78 is 5.58. The van der Waals surface area contributed by atoms with Crippen LogP contribution in [0, 0.1) is 0 Å². The van der Waals surface area contributed by atoms with Gasteiger partial charge in [-0.15, -0.1) is 0 Å². The van der Waals surface area contributed by atoms with E-state index >= 15 is 0 Å². The Morgan fingerprint density at radius 3 is 2.89 bits per heavy atom. The zero-order valence-corrected chi connectivity index (χ0v) is 10.2. The van der Waals surface area contributed by atoms with E-state index in [1.165, 1.54) is 12.5 Å². The normalized spacial score (nSPS) is 16.8. The van der Waals surface area contributed by atoms with Crippen LogP contribution >= 0.6 is 0 Å². The summed E-state index contributed by atoms with van der Waals surface area (Å²) >= 11 is 0. The number of hydrogen-bond acceptors (Lipinski definition) is 5. The van der Waals surface area contributed by atoms with Crippen LogP contribution in [0.4, 0.5) is 5.88 Å². The smallest absolute Gasteiger partial charge is 0.342 e. The van der Waals surface area contributed by atoms with Crippen molar-refractivity contribution in [2.24, 2.45) is 0 Å². The molecule has 0 radical (unpaired) electrons. The van der Waals surface area contributed by atoms with Gasteiger partial charge in [-0.25, -0.2) is 14.8 Å². The van der Waals surface area contributed by atoms with Gasteiger partial charge in [0, 0.05) is 18.8 Å². The van der Waals surface area contributed by atoms with Crippen molar-refractivity contribution in [3.05, 3.63) is 18.1 Å². The second-order valence-corrected chi connectivity index (χ2v) is 4.88. The van der Waals surface area contributed by atoms with Crippen molar-refractivity contribution in [2.45, 2.75) is 25.3 Å². The predicted octanol–water partition coefficient (Wildman–Crippen LogP) is 1.91. The standard InChI is InChI=1S/C12H13N3O3/c1-12(3-4-12)15(2)10-8(11(16)17)7-5-13-6-14-9(7)18-10/h5-6H,3-4H2,1-2H3,(H,16,17). The maximum Gasteiger partial charge on any atom is 0.342 e. The number of furan rings is 1. The predicted molar refractivity (Wildman–Crippen MR) is 64.8 cm³/mol. The first kappa shape index (κ1) is 11.0. The molecule has 2 heterocycles. The highest BCUT2D eigenvalue weighted by atomic mass is 16.4. The Balaban J connectivity index is 2.21. The van der Waals surface area contributed by atoms with Crippen LogP contribution in [0.1, 0.15) is 30.1 Å². The van der Waals surface area contributed by atoms with Gasteiger partial charge in [0.25, 0.3) is 0 Å². The monoisotopic (exact) mass is 247 g/mol. The molecule has 0 aliphatic heterocycles. The first-order valence-electron chi connectivity index (χ1n) is 5.72. The minimum atomic E-state index is -1.02. The quantitative estimate of drug-likeness (QED) is 0.892. The number of anilines is 1. The summed E-state index contributed by atoms with van der Waals surface area (Å²) in [5, 5.41) is 9.79. The van der Waals surface area contributed by atoms with Gasteiger partial charge < -0.3 is 14.4 Å². The zero-order valence-electron chi connectivity index (χ0n) is 10.2. The van der Waals surface area contributed by atoms with Crippen LogP contribution in [0.2, 0.25) is 0 Å². The second-order valence-electron chi connectivity index (χ2n) is 4.88. The topological polar surface area (TPSA) is 79.5 Å². The van der Waals surface area contributed by atoms with Crippen molar-refractivity contribution < 1.29 is 14.3 Å². The van der Waals surface area contributed by atoms with Gasteiger partial charge in [0.05, 0.1) is 5.39 Å². The molecule has 1 fully saturated rings. The molecular weight excluding hydrogens is 234 g/mol. The van der Waals surface area contributed by atoms with Crippen molar-refractivity contribution in [3.63, 3.8) is 0 Å². The van der Waals surface area contributed by atoms with Crippen molar-refractivity contribution in [3.8, 4) is 0 Å². The van der Waals surface area contributed by atoms with E-state index in [1.54, 1.807) is 0 Å². The Labute approximate surface area is 103 Å². The molecule has 6 nitrogen and oxygen atoms in total. The summed E-state index contributed by atoms with van der Waals surface area (Å²) in [6.07, 6.45) is 4.89. The van der Waals surface area contributed by atoms with Gasteiger partial charge in [-0.1, -0.05) is 0 Å². The Morgan fingerprint density at radius 2 is 2.28 bits per heavy atom. The molecular formula is C12H13N3O3. The van der Waals surface area contributed by atoms with Crippen LogP contribution in [0.25, 0.3) is 11.1 Å². The van der Waals surface area contributed by atoms with Crippen LogP contribution in [0.3, 0.4) is 0 Å². The van der Waals surface area contributed by atoms with Gasteiger partial charge in [0.1, 0.15) is 11.9 Å². The van der Waals surface area contributed by atoms with Crippen LogP contribution in [0.15, 0.2) is 16.9 Å². The highest BCUT2D eigenvalue weighted by Gasteiger charge is 2.44. The summed E-state index contributed by atoms with van der Waals surface area (Å²) in [6, 6.07) is 0. The lowest BCUT2D eigenvalue weighted by atomic mass is 10.2. The average Bonchev–Trinajstić information content (AvgIpc) is 2.97. The first-order chi connectivity index (χ1) is 8.53. The molecule has 3 rings (SSSR count). The third-order valence-corrected chi connectivity index (χ3v) is 3.65. The summed E-state index contributed by atoms with van der Waals surface area (Å²) in [5.74, 6) is -0.660. The summed E-state index contributed by atoms with van der Waals surface area (Å²) in [7, 11) is 1.85. The molecule has 6 heteroatoms. The van der Waals surface area contributed by atoms with E-state index in [4.69, 9.17) is 4.42 Å². The molecule has 2 aromatic heterocycles. The number of hydrogen-bond donors (Lipinski definition) is 1. The summed E-state index contributed by atoms with van der Waals surface area (Å²) in [6.45, 7) is 2.08. The minimum absolute atomic E-state index is 0.00843. The van der Waals surface area contributed by atoms with E-state index in [-0.39, 0.29) is 11.1 Å². The summed E-state index contributed by atoms with van der Waals surface area (Å²) in [5.41, 5.74) is 0.445. The number of aromatic nitrogens is 2. The lowest BCUT2D eigenvalue weighted by Gasteiger charge is -2.24. The molecule has 18 heavy (non-hydrogen) atoms. The van der Waals surface area contributed by atoms with E-state index in [0.29, 0.717) is 17.0 Å². The maximum atomic E-state index is 11.4. The molecule has 1 saturated carbocycles. The van der Waals surface area contributed by atoms with Gasteiger partial charge in [0.2, 0.25) is 11.6 Å². The molecule has 0 spiro atoms. The number of nitrogens with zero attached hydrogens (tertiary/aromatic N) is 3. The fourth-order valence-corrected chi connectivity index (χ4v) is 2.03. The number of carboxylic acids is 1. The van der Waals surface area contributed by atoms with E-state index in [9.17, 15) is 9.90 Å². The number of carbonyl (C=O) groups is 1. The SMILES string of the molecule is CN(c1oc2ncncc2c1C(=O)O)C1(C)CC1. The maximum absolute atomic E-state index is 11.4. The van der Waals surface area contributed by atoms with E-state index in [0.717, 1.165) is 12.8 Å². The van der Waals surface area contributed by atoms with E-state index in [1.807, 2.05) is 11.9 Å². The van der Waals surface area contributed by atoms with Crippen LogP contribution in [-0.4, -0.2) is 33.6 Å². The van der Waals surface area contributed by atoms with Crippen LogP contribution < -0.4 is 4.90 Å². The van der Waals surface area contributed by atoms with Gasteiger partial charge >= 0.3 is 5.97 Å². The molecule has 0 atom stereocenters. The Bertz CT molecular complexity index is 631. The molecule has 1 N–H and O–H groups in total. The fraction of sp³-hybridized carbons (Fsp3) is 0.417. The molecule has 0 aromatic carbocycles. The molecule has 94 valence electrons. The number of aromatic carboxylic acids is 1. The van der Waals surface area contributed by atoms with Crippen molar-refractivity contribution in [2.75, 3.05) is 11.9 Å². The number of carboxylic acid groups (broad SMARTS) is 1. The van der Waals surface area contributed by atoms with E-state index in [2.05, 4.69) is 16.9 Å². The molecule has 1 aliphatic rings. The molecule has 2 aromatic rings. The number of rotatable bonds is 3. The van der Waals surface area contributed by atoms with Gasteiger partial charge in [0.15, 0.2) is 0 Å². The zero-order chi connectivity index (χ0) is 12.9.